The van der Waals surface area contributed by atoms with Crippen molar-refractivity contribution in [2.45, 2.75) is 0 Å². The molecule has 0 saturated carbocycles. The highest BCUT2D eigenvalue weighted by molar-refractivity contribution is 7.80. The Hall–Kier alpha value is -4.75. The molecule has 6 aromatic rings. The molecule has 0 spiro atoms. The lowest BCUT2D eigenvalue weighted by atomic mass is 9.99. The van der Waals surface area contributed by atoms with Crippen LogP contribution < -0.4 is 15.9 Å². The summed E-state index contributed by atoms with van der Waals surface area (Å²) in [6, 6.07) is 44.8. The van der Waals surface area contributed by atoms with Crippen LogP contribution in [0.15, 0.2) is 115 Å². The second kappa shape index (κ2) is 8.43. The molecule has 37 heavy (non-hydrogen) atoms. The molecular weight excluding hydrogens is 467 g/mol. The van der Waals surface area contributed by atoms with Crippen LogP contribution in [-0.2, 0) is 0 Å². The second-order valence-electron chi connectivity index (χ2n) is 9.26. The van der Waals surface area contributed by atoms with Crippen LogP contribution in [0.2, 0.25) is 0 Å². The summed E-state index contributed by atoms with van der Waals surface area (Å²) in [7, 11) is -0.903. The van der Waals surface area contributed by atoms with E-state index in [2.05, 4.69) is 103 Å². The molecule has 0 saturated heterocycles. The molecule has 7 rings (SSSR count). The van der Waals surface area contributed by atoms with Crippen molar-refractivity contribution in [2.75, 3.05) is 0 Å². The normalized spacial score (nSPS) is 11.4. The van der Waals surface area contributed by atoms with Crippen molar-refractivity contribution in [1.82, 2.24) is 0 Å². The lowest BCUT2D eigenvalue weighted by molar-refractivity contribution is 1.49. The van der Waals surface area contributed by atoms with Crippen LogP contribution in [0.1, 0.15) is 11.1 Å². The Bertz CT molecular complexity index is 1830. The Labute approximate surface area is 216 Å². The van der Waals surface area contributed by atoms with Gasteiger partial charge in [0.1, 0.15) is 0 Å². The van der Waals surface area contributed by atoms with E-state index in [-0.39, 0.29) is 0 Å². The molecule has 0 N–H and O–H groups in total. The second-order valence-corrected chi connectivity index (χ2v) is 11.4. The summed E-state index contributed by atoms with van der Waals surface area (Å²) in [6.07, 6.45) is 0. The zero-order valence-corrected chi connectivity index (χ0v) is 20.7. The quantitative estimate of drug-likeness (QED) is 0.249. The van der Waals surface area contributed by atoms with Gasteiger partial charge in [-0.15, -0.1) is 0 Å². The Kier molecular flexibility index (Phi) is 4.90. The molecule has 0 unspecified atom stereocenters. The average Bonchev–Trinajstić information content (AvgIpc) is 3.27. The summed E-state index contributed by atoms with van der Waals surface area (Å²) in [5.74, 6) is 0. The third-order valence-corrected chi connectivity index (χ3v) is 9.73. The first-order chi connectivity index (χ1) is 18.2. The van der Waals surface area contributed by atoms with Crippen LogP contribution in [0.25, 0.3) is 43.8 Å². The molecule has 0 atom stereocenters. The lowest BCUT2D eigenvalue weighted by Crippen LogP contribution is -2.21. The maximum absolute atomic E-state index is 9.35. The molecule has 0 aromatic heterocycles. The highest BCUT2D eigenvalue weighted by atomic mass is 31.1. The van der Waals surface area contributed by atoms with E-state index in [9.17, 15) is 10.5 Å². The van der Waals surface area contributed by atoms with Gasteiger partial charge >= 0.3 is 0 Å². The highest BCUT2D eigenvalue weighted by Gasteiger charge is 2.26. The van der Waals surface area contributed by atoms with Crippen molar-refractivity contribution in [1.29, 1.82) is 10.5 Å². The van der Waals surface area contributed by atoms with E-state index in [1.54, 1.807) is 0 Å². The summed E-state index contributed by atoms with van der Waals surface area (Å²) in [6.45, 7) is 0. The highest BCUT2D eigenvalue weighted by Crippen LogP contribution is 2.50. The minimum absolute atomic E-state index is 0.654. The van der Waals surface area contributed by atoms with Gasteiger partial charge in [0.05, 0.1) is 23.3 Å². The van der Waals surface area contributed by atoms with E-state index in [4.69, 9.17) is 0 Å². The molecule has 0 fully saturated rings. The van der Waals surface area contributed by atoms with Crippen molar-refractivity contribution in [3.63, 3.8) is 0 Å². The Morgan fingerprint density at radius 3 is 1.57 bits per heavy atom. The molecule has 2 nitrogen and oxygen atoms in total. The van der Waals surface area contributed by atoms with Gasteiger partial charge < -0.3 is 0 Å². The predicted molar refractivity (Wildman–Crippen MR) is 154 cm³/mol. The fourth-order valence-corrected chi connectivity index (χ4v) is 7.92. The molecule has 1 aliphatic carbocycles. The standard InChI is InChI=1S/C34H19N2P/c35-20-22-8-12-26(13-9-22)37(27-14-10-23(21-36)11-15-27)33-17-16-29-32-19-25-5-2-1-4-24(25)18-31(32)28-6-3-7-30(33)34(28)29/h1-19H. The maximum atomic E-state index is 9.35. The fraction of sp³-hybridized carbons (Fsp3) is 0. The van der Waals surface area contributed by atoms with Gasteiger partial charge in [-0.05, 0) is 104 Å². The van der Waals surface area contributed by atoms with E-state index >= 15 is 0 Å². The van der Waals surface area contributed by atoms with E-state index in [0.717, 1.165) is 0 Å². The first kappa shape index (κ1) is 21.5. The molecule has 170 valence electrons. The molecule has 0 amide bonds. The summed E-state index contributed by atoms with van der Waals surface area (Å²) >= 11 is 0. The smallest absolute Gasteiger partial charge is 0.0991 e. The van der Waals surface area contributed by atoms with E-state index < -0.39 is 7.92 Å². The lowest BCUT2D eigenvalue weighted by Gasteiger charge is -2.22. The topological polar surface area (TPSA) is 47.6 Å². The summed E-state index contributed by atoms with van der Waals surface area (Å²) in [4.78, 5) is 0. The largest absolute Gasteiger partial charge is 0.192 e. The minimum Gasteiger partial charge on any atom is -0.192 e. The number of hydrogen-bond donors (Lipinski definition) is 0. The number of benzene rings is 6. The summed E-state index contributed by atoms with van der Waals surface area (Å²) in [5, 5.41) is 27.4. The van der Waals surface area contributed by atoms with Crippen molar-refractivity contribution in [3.05, 3.63) is 126 Å². The van der Waals surface area contributed by atoms with E-state index in [1.807, 2.05) is 24.3 Å². The van der Waals surface area contributed by atoms with Gasteiger partial charge in [0.15, 0.2) is 0 Å². The zero-order chi connectivity index (χ0) is 24.9. The molecule has 3 heteroatoms. The third kappa shape index (κ3) is 3.36. The molecule has 0 heterocycles. The van der Waals surface area contributed by atoms with Gasteiger partial charge in [0.2, 0.25) is 0 Å². The summed E-state index contributed by atoms with van der Waals surface area (Å²) in [5.41, 5.74) is 6.45. The van der Waals surface area contributed by atoms with Crippen LogP contribution in [0.5, 0.6) is 0 Å². The molecular formula is C34H19N2P. The molecule has 1 aliphatic rings. The predicted octanol–water partition coefficient (Wildman–Crippen LogP) is 7.14. The molecule has 6 aromatic carbocycles. The van der Waals surface area contributed by atoms with Gasteiger partial charge in [-0.3, -0.25) is 0 Å². The Balaban J connectivity index is 1.49. The number of fused-ring (bicyclic) bond motifs is 4. The first-order valence-corrected chi connectivity index (χ1v) is 13.5. The van der Waals surface area contributed by atoms with Crippen LogP contribution in [-0.4, -0.2) is 0 Å². The van der Waals surface area contributed by atoms with Crippen LogP contribution in [0.3, 0.4) is 0 Å². The van der Waals surface area contributed by atoms with Crippen molar-refractivity contribution < 1.29 is 0 Å². The van der Waals surface area contributed by atoms with Crippen LogP contribution >= 0.6 is 7.92 Å². The number of nitrogens with zero attached hydrogens (tertiary/aromatic N) is 2. The molecule has 0 aliphatic heterocycles. The van der Waals surface area contributed by atoms with E-state index in [1.165, 1.54) is 59.7 Å². The van der Waals surface area contributed by atoms with Crippen LogP contribution in [0, 0.1) is 22.7 Å². The minimum atomic E-state index is -0.903. The Morgan fingerprint density at radius 1 is 0.486 bits per heavy atom. The third-order valence-electron chi connectivity index (χ3n) is 7.23. The van der Waals surface area contributed by atoms with Crippen LogP contribution in [0.4, 0.5) is 0 Å². The summed E-state index contributed by atoms with van der Waals surface area (Å²) < 4.78 is 0. The Morgan fingerprint density at radius 2 is 1.03 bits per heavy atom. The first-order valence-electron chi connectivity index (χ1n) is 12.1. The van der Waals surface area contributed by atoms with Gasteiger partial charge in [0, 0.05) is 0 Å². The maximum Gasteiger partial charge on any atom is 0.0991 e. The number of hydrogen-bond acceptors (Lipinski definition) is 2. The average molecular weight is 487 g/mol. The zero-order valence-electron chi connectivity index (χ0n) is 19.8. The number of nitriles is 2. The SMILES string of the molecule is N#Cc1ccc(P(c2ccc(C#N)cc2)c2ccc3c4c(cccc24)-c2cc4ccccc4cc2-3)cc1. The van der Waals surface area contributed by atoms with Gasteiger partial charge in [-0.25, -0.2) is 0 Å². The monoisotopic (exact) mass is 486 g/mol. The molecule has 0 radical (unpaired) electrons. The van der Waals surface area contributed by atoms with Crippen molar-refractivity contribution >= 4 is 45.4 Å². The number of rotatable bonds is 3. The van der Waals surface area contributed by atoms with Gasteiger partial charge in [0.25, 0.3) is 0 Å². The van der Waals surface area contributed by atoms with E-state index in [0.29, 0.717) is 11.1 Å². The molecule has 0 bridgehead atoms. The fourth-order valence-electron chi connectivity index (χ4n) is 5.52. The van der Waals surface area contributed by atoms with Gasteiger partial charge in [-0.2, -0.15) is 10.5 Å². The van der Waals surface area contributed by atoms with Crippen molar-refractivity contribution in [3.8, 4) is 34.4 Å². The van der Waals surface area contributed by atoms with Gasteiger partial charge in [-0.1, -0.05) is 78.9 Å². The van der Waals surface area contributed by atoms with Crippen molar-refractivity contribution in [2.24, 2.45) is 0 Å².